The first-order valence-corrected chi connectivity index (χ1v) is 9.65. The lowest BCUT2D eigenvalue weighted by Gasteiger charge is -2.43. The molecule has 27 heavy (non-hydrogen) atoms. The lowest BCUT2D eigenvalue weighted by molar-refractivity contribution is 0.0726. The number of aromatic nitrogens is 2. The van der Waals surface area contributed by atoms with Crippen molar-refractivity contribution in [1.82, 2.24) is 15.0 Å². The zero-order valence-electron chi connectivity index (χ0n) is 15.2. The van der Waals surface area contributed by atoms with Crippen molar-refractivity contribution in [2.24, 2.45) is 5.92 Å². The maximum atomic E-state index is 11.8. The maximum Gasteiger partial charge on any atom is 0.231 e. The van der Waals surface area contributed by atoms with E-state index in [0.29, 0.717) is 17.6 Å². The molecule has 2 aromatic carbocycles. The number of aliphatic hydroxyl groups is 1. The van der Waals surface area contributed by atoms with E-state index in [1.54, 1.807) is 0 Å². The molecule has 1 N–H and O–H groups in total. The second kappa shape index (κ2) is 6.59. The molecule has 0 spiro atoms. The molecular formula is C22H23N3O2. The van der Waals surface area contributed by atoms with Crippen LogP contribution in [0.15, 0.2) is 65.2 Å². The van der Waals surface area contributed by atoms with Crippen molar-refractivity contribution in [1.29, 1.82) is 0 Å². The molecule has 1 unspecified atom stereocenters. The fraction of sp³-hybridized carbons (Fsp3) is 0.364. The highest BCUT2D eigenvalue weighted by Gasteiger charge is 2.42. The lowest BCUT2D eigenvalue weighted by atomic mass is 9.79. The van der Waals surface area contributed by atoms with E-state index < -0.39 is 5.60 Å². The van der Waals surface area contributed by atoms with Crippen LogP contribution in [-0.4, -0.2) is 39.8 Å². The number of rotatable bonds is 4. The highest BCUT2D eigenvalue weighted by Crippen LogP contribution is 2.40. The van der Waals surface area contributed by atoms with Crippen molar-refractivity contribution in [2.45, 2.75) is 24.4 Å². The quantitative estimate of drug-likeness (QED) is 0.773. The van der Waals surface area contributed by atoms with Crippen LogP contribution in [-0.2, 0) is 5.60 Å². The predicted octanol–water partition coefficient (Wildman–Crippen LogP) is 3.16. The number of piperidine rings is 3. The van der Waals surface area contributed by atoms with Gasteiger partial charge in [-0.1, -0.05) is 65.8 Å². The number of hydrogen-bond donors (Lipinski definition) is 1. The molecule has 4 heterocycles. The first-order valence-electron chi connectivity index (χ1n) is 9.65. The van der Waals surface area contributed by atoms with Gasteiger partial charge in [0.05, 0.1) is 5.92 Å². The van der Waals surface area contributed by atoms with Gasteiger partial charge in [-0.15, -0.1) is 0 Å². The highest BCUT2D eigenvalue weighted by atomic mass is 16.5. The molecule has 138 valence electrons. The van der Waals surface area contributed by atoms with Gasteiger partial charge < -0.3 is 14.5 Å². The Morgan fingerprint density at radius 2 is 1.52 bits per heavy atom. The van der Waals surface area contributed by atoms with E-state index in [0.717, 1.165) is 17.7 Å². The van der Waals surface area contributed by atoms with Gasteiger partial charge in [-0.05, 0) is 43.0 Å². The summed E-state index contributed by atoms with van der Waals surface area (Å²) in [5.41, 5.74) is 0.0352. The topological polar surface area (TPSA) is 62.4 Å². The van der Waals surface area contributed by atoms with Crippen LogP contribution in [0, 0.1) is 5.92 Å². The molecule has 3 aromatic rings. The van der Waals surface area contributed by atoms with Crippen LogP contribution >= 0.6 is 0 Å². The third-order valence-corrected chi connectivity index (χ3v) is 6.12. The van der Waals surface area contributed by atoms with Crippen LogP contribution in [0.2, 0.25) is 0 Å². The number of hydrogen-bond acceptors (Lipinski definition) is 5. The molecule has 5 nitrogen and oxygen atoms in total. The van der Waals surface area contributed by atoms with Crippen molar-refractivity contribution in [3.05, 3.63) is 83.5 Å². The smallest absolute Gasteiger partial charge is 0.231 e. The third kappa shape index (κ3) is 2.78. The molecule has 3 aliphatic rings. The summed E-state index contributed by atoms with van der Waals surface area (Å²) in [5.74, 6) is 1.84. The zero-order valence-corrected chi connectivity index (χ0v) is 15.2. The van der Waals surface area contributed by atoms with Crippen molar-refractivity contribution in [2.75, 3.05) is 19.6 Å². The molecule has 0 aliphatic carbocycles. The molecule has 2 bridgehead atoms. The largest absolute Gasteiger partial charge is 0.373 e. The van der Waals surface area contributed by atoms with E-state index in [-0.39, 0.29) is 5.92 Å². The third-order valence-electron chi connectivity index (χ3n) is 6.12. The molecule has 3 fully saturated rings. The summed E-state index contributed by atoms with van der Waals surface area (Å²) in [5, 5.41) is 16.0. The van der Waals surface area contributed by atoms with Crippen LogP contribution in [0.25, 0.3) is 0 Å². The monoisotopic (exact) mass is 361 g/mol. The van der Waals surface area contributed by atoms with Crippen LogP contribution in [0.1, 0.15) is 41.6 Å². The number of benzene rings is 2. The molecule has 1 aromatic heterocycles. The van der Waals surface area contributed by atoms with E-state index in [9.17, 15) is 5.11 Å². The Morgan fingerprint density at radius 3 is 2.04 bits per heavy atom. The van der Waals surface area contributed by atoms with E-state index in [1.165, 1.54) is 25.9 Å². The summed E-state index contributed by atoms with van der Waals surface area (Å²) >= 11 is 0. The normalized spacial score (nSPS) is 24.9. The van der Waals surface area contributed by atoms with Crippen LogP contribution in [0.3, 0.4) is 0 Å². The summed E-state index contributed by atoms with van der Waals surface area (Å²) in [6.07, 6.45) is 2.37. The molecule has 6 rings (SSSR count). The summed E-state index contributed by atoms with van der Waals surface area (Å²) < 4.78 is 5.70. The first kappa shape index (κ1) is 16.7. The fourth-order valence-corrected chi connectivity index (χ4v) is 4.56. The van der Waals surface area contributed by atoms with E-state index in [4.69, 9.17) is 9.51 Å². The van der Waals surface area contributed by atoms with Crippen molar-refractivity contribution < 1.29 is 9.63 Å². The van der Waals surface area contributed by atoms with Crippen LogP contribution < -0.4 is 0 Å². The summed E-state index contributed by atoms with van der Waals surface area (Å²) in [6, 6.07) is 19.1. The Morgan fingerprint density at radius 1 is 0.926 bits per heavy atom. The second-order valence-corrected chi connectivity index (χ2v) is 7.64. The Kier molecular flexibility index (Phi) is 4.06. The van der Waals surface area contributed by atoms with Crippen LogP contribution in [0.5, 0.6) is 0 Å². The molecule has 3 aliphatic heterocycles. The molecular weight excluding hydrogens is 338 g/mol. The Bertz CT molecular complexity index is 862. The fourth-order valence-electron chi connectivity index (χ4n) is 4.56. The molecule has 0 amide bonds. The van der Waals surface area contributed by atoms with Gasteiger partial charge >= 0.3 is 0 Å². The molecule has 0 radical (unpaired) electrons. The van der Waals surface area contributed by atoms with E-state index >= 15 is 0 Å². The number of nitrogens with zero attached hydrogens (tertiary/aromatic N) is 3. The minimum Gasteiger partial charge on any atom is -0.373 e. The van der Waals surface area contributed by atoms with Gasteiger partial charge in [-0.3, -0.25) is 0 Å². The molecule has 1 atom stereocenters. The van der Waals surface area contributed by atoms with E-state index in [1.807, 2.05) is 60.7 Å². The average Bonchev–Trinajstić information content (AvgIpc) is 3.26. The van der Waals surface area contributed by atoms with Gasteiger partial charge in [0.25, 0.3) is 0 Å². The predicted molar refractivity (Wildman–Crippen MR) is 101 cm³/mol. The van der Waals surface area contributed by atoms with Gasteiger partial charge in [0.2, 0.25) is 11.7 Å². The minimum atomic E-state index is -1.43. The van der Waals surface area contributed by atoms with Crippen LogP contribution in [0.4, 0.5) is 0 Å². The Labute approximate surface area is 158 Å². The summed E-state index contributed by atoms with van der Waals surface area (Å²) in [7, 11) is 0. The SMILES string of the molecule is OC(c1ccccc1)(c1ccccc1)c1noc(C2CN3CCC2CC3)n1. The van der Waals surface area contributed by atoms with Crippen molar-refractivity contribution in [3.63, 3.8) is 0 Å². The standard InChI is InChI=1S/C22H23N3O2/c26-22(17-7-3-1-4-8-17,18-9-5-2-6-10-18)21-23-20(27-24-21)19-15-25-13-11-16(19)12-14-25/h1-10,16,19,26H,11-15H2. The van der Waals surface area contributed by atoms with Gasteiger partial charge in [-0.2, -0.15) is 4.98 Å². The maximum absolute atomic E-state index is 11.8. The number of fused-ring (bicyclic) bond motifs is 3. The summed E-state index contributed by atoms with van der Waals surface area (Å²) in [6.45, 7) is 3.31. The Hall–Kier alpha value is -2.50. The molecule has 3 saturated heterocycles. The van der Waals surface area contributed by atoms with E-state index in [2.05, 4.69) is 10.1 Å². The van der Waals surface area contributed by atoms with Gasteiger partial charge in [0, 0.05) is 6.54 Å². The van der Waals surface area contributed by atoms with Gasteiger partial charge in [0.1, 0.15) is 0 Å². The van der Waals surface area contributed by atoms with Crippen molar-refractivity contribution in [3.8, 4) is 0 Å². The molecule has 0 saturated carbocycles. The Balaban J connectivity index is 1.57. The highest BCUT2D eigenvalue weighted by molar-refractivity contribution is 5.42. The summed E-state index contributed by atoms with van der Waals surface area (Å²) in [4.78, 5) is 7.19. The van der Waals surface area contributed by atoms with Gasteiger partial charge in [0.15, 0.2) is 5.60 Å². The minimum absolute atomic E-state index is 0.268. The van der Waals surface area contributed by atoms with Crippen molar-refractivity contribution >= 4 is 0 Å². The first-order chi connectivity index (χ1) is 13.2. The van der Waals surface area contributed by atoms with Gasteiger partial charge in [-0.25, -0.2) is 0 Å². The second-order valence-electron chi connectivity index (χ2n) is 7.64. The molecule has 5 heteroatoms. The lowest BCUT2D eigenvalue weighted by Crippen LogP contribution is -2.46. The zero-order chi connectivity index (χ0) is 18.3. The average molecular weight is 361 g/mol.